The molecule has 1 aliphatic carbocycles. The van der Waals surface area contributed by atoms with E-state index in [9.17, 15) is 0 Å². The van der Waals surface area contributed by atoms with E-state index in [0.29, 0.717) is 0 Å². The Morgan fingerprint density at radius 3 is 2.00 bits per heavy atom. The van der Waals surface area contributed by atoms with Crippen LogP contribution in [0.4, 0.5) is 0 Å². The topological polar surface area (TPSA) is 0 Å². The molecular formula is C13H27BrSn. The van der Waals surface area contributed by atoms with Gasteiger partial charge in [0.2, 0.25) is 0 Å². The fourth-order valence-corrected chi connectivity index (χ4v) is 2.40. The molecule has 90 valence electrons. The summed E-state index contributed by atoms with van der Waals surface area (Å²) >= 11 is 3.47. The summed E-state index contributed by atoms with van der Waals surface area (Å²) in [6.45, 7) is 4.25. The van der Waals surface area contributed by atoms with Gasteiger partial charge in [-0.3, -0.25) is 0 Å². The Labute approximate surface area is 122 Å². The summed E-state index contributed by atoms with van der Waals surface area (Å²) in [5.41, 5.74) is 0. The maximum absolute atomic E-state index is 3.47. The molecular weight excluding hydrogens is 355 g/mol. The van der Waals surface area contributed by atoms with Crippen molar-refractivity contribution < 1.29 is 0 Å². The van der Waals surface area contributed by atoms with Crippen LogP contribution in [0.25, 0.3) is 0 Å². The van der Waals surface area contributed by atoms with Crippen LogP contribution in [-0.2, 0) is 0 Å². The van der Waals surface area contributed by atoms with Gasteiger partial charge in [0.15, 0.2) is 0 Å². The maximum atomic E-state index is 3.47. The van der Waals surface area contributed by atoms with E-state index >= 15 is 0 Å². The first-order valence-electron chi connectivity index (χ1n) is 6.41. The molecule has 0 atom stereocenters. The SMILES string of the molecule is BrCCCCC1CCCCC1.CCC.[Sn]. The molecule has 0 N–H and O–H groups in total. The van der Waals surface area contributed by atoms with Crippen molar-refractivity contribution in [3.05, 3.63) is 0 Å². The Bertz CT molecular complexity index is 101. The Morgan fingerprint density at radius 1 is 1.00 bits per heavy atom. The van der Waals surface area contributed by atoms with Crippen molar-refractivity contribution in [1.82, 2.24) is 0 Å². The molecule has 0 aliphatic heterocycles. The molecule has 0 saturated heterocycles. The van der Waals surface area contributed by atoms with Gasteiger partial charge in [-0.25, -0.2) is 0 Å². The first-order valence-corrected chi connectivity index (χ1v) is 7.53. The van der Waals surface area contributed by atoms with Crippen LogP contribution < -0.4 is 0 Å². The molecule has 0 nitrogen and oxygen atoms in total. The fourth-order valence-electron chi connectivity index (χ4n) is 2.00. The van der Waals surface area contributed by atoms with Crippen LogP contribution in [-0.4, -0.2) is 29.2 Å². The molecule has 4 radical (unpaired) electrons. The molecule has 0 aromatic carbocycles. The summed E-state index contributed by atoms with van der Waals surface area (Å²) in [4.78, 5) is 0. The van der Waals surface area contributed by atoms with Crippen molar-refractivity contribution in [2.24, 2.45) is 5.92 Å². The number of alkyl halides is 1. The van der Waals surface area contributed by atoms with Crippen molar-refractivity contribution in [1.29, 1.82) is 0 Å². The first-order chi connectivity index (χ1) is 6.85. The van der Waals surface area contributed by atoms with Crippen LogP contribution in [0.1, 0.15) is 71.6 Å². The molecule has 0 spiro atoms. The molecule has 1 fully saturated rings. The summed E-state index contributed by atoms with van der Waals surface area (Å²) < 4.78 is 0. The Morgan fingerprint density at radius 2 is 1.53 bits per heavy atom. The molecule has 0 aromatic heterocycles. The van der Waals surface area contributed by atoms with Gasteiger partial charge in [0.25, 0.3) is 0 Å². The van der Waals surface area contributed by atoms with E-state index in [4.69, 9.17) is 0 Å². The van der Waals surface area contributed by atoms with E-state index in [1.807, 2.05) is 0 Å². The normalized spacial score (nSPS) is 16.2. The predicted octanol–water partition coefficient (Wildman–Crippen LogP) is 5.17. The first kappa shape index (κ1) is 18.6. The van der Waals surface area contributed by atoms with Crippen molar-refractivity contribution in [3.8, 4) is 0 Å². The van der Waals surface area contributed by atoms with Gasteiger partial charge in [-0.1, -0.05) is 81.1 Å². The predicted molar refractivity (Wildman–Crippen MR) is 75.9 cm³/mol. The van der Waals surface area contributed by atoms with Gasteiger partial charge in [-0.2, -0.15) is 0 Å². The van der Waals surface area contributed by atoms with Crippen molar-refractivity contribution in [2.45, 2.75) is 71.6 Å². The molecule has 0 aromatic rings. The zero-order valence-electron chi connectivity index (χ0n) is 10.5. The smallest absolute Gasteiger partial charge is 0.00313 e. The number of unbranched alkanes of at least 4 members (excludes halogenated alkanes) is 1. The number of halogens is 1. The average Bonchev–Trinajstić information content (AvgIpc) is 2.21. The van der Waals surface area contributed by atoms with Crippen LogP contribution in [0.5, 0.6) is 0 Å². The molecule has 2 heteroatoms. The monoisotopic (exact) mass is 382 g/mol. The van der Waals surface area contributed by atoms with Gasteiger partial charge in [0.1, 0.15) is 0 Å². The molecule has 0 unspecified atom stereocenters. The van der Waals surface area contributed by atoms with E-state index in [0.717, 1.165) is 5.92 Å². The zero-order valence-corrected chi connectivity index (χ0v) is 15.0. The summed E-state index contributed by atoms with van der Waals surface area (Å²) in [6, 6.07) is 0. The van der Waals surface area contributed by atoms with E-state index in [2.05, 4.69) is 29.8 Å². The van der Waals surface area contributed by atoms with Gasteiger partial charge in [-0.15, -0.1) is 0 Å². The minimum atomic E-state index is 0. The molecule has 1 saturated carbocycles. The minimum Gasteiger partial charge on any atom is -0.0928 e. The second-order valence-corrected chi connectivity index (χ2v) is 5.19. The summed E-state index contributed by atoms with van der Waals surface area (Å²) in [7, 11) is 0. The minimum absolute atomic E-state index is 0. The average molecular weight is 382 g/mol. The largest absolute Gasteiger partial charge is 0.0928 e. The third kappa shape index (κ3) is 13.2. The van der Waals surface area contributed by atoms with Crippen molar-refractivity contribution in [3.63, 3.8) is 0 Å². The molecule has 1 rings (SSSR count). The Hall–Kier alpha value is 1.28. The summed E-state index contributed by atoms with van der Waals surface area (Å²) in [5, 5.41) is 1.19. The molecule has 0 heterocycles. The van der Waals surface area contributed by atoms with Gasteiger partial charge < -0.3 is 0 Å². The van der Waals surface area contributed by atoms with Crippen LogP contribution in [0.15, 0.2) is 0 Å². The summed E-state index contributed by atoms with van der Waals surface area (Å²) in [6.07, 6.45) is 13.1. The standard InChI is InChI=1S/C10H19Br.C3H8.Sn/c11-9-5-4-8-10-6-2-1-3-7-10;1-3-2;/h10H,1-9H2;3H2,1-2H3;. The Kier molecular flexibility index (Phi) is 19.0. The number of rotatable bonds is 4. The maximum Gasteiger partial charge on any atom is 0.00313 e. The van der Waals surface area contributed by atoms with E-state index in [1.165, 1.54) is 63.1 Å². The molecule has 1 aliphatic rings. The van der Waals surface area contributed by atoms with Crippen molar-refractivity contribution >= 4 is 39.8 Å². The molecule has 15 heavy (non-hydrogen) atoms. The molecule has 0 amide bonds. The summed E-state index contributed by atoms with van der Waals surface area (Å²) in [5.74, 6) is 1.09. The Balaban J connectivity index is 0. The third-order valence-corrected chi connectivity index (χ3v) is 3.28. The van der Waals surface area contributed by atoms with E-state index < -0.39 is 0 Å². The quantitative estimate of drug-likeness (QED) is 0.358. The second kappa shape index (κ2) is 15.3. The molecule has 0 bridgehead atoms. The number of hydrogen-bond acceptors (Lipinski definition) is 0. The van der Waals surface area contributed by atoms with Crippen LogP contribution in [0.3, 0.4) is 0 Å². The fraction of sp³-hybridized carbons (Fsp3) is 1.00. The van der Waals surface area contributed by atoms with Gasteiger partial charge in [0.05, 0.1) is 0 Å². The van der Waals surface area contributed by atoms with Crippen LogP contribution in [0, 0.1) is 5.92 Å². The van der Waals surface area contributed by atoms with E-state index in [1.54, 1.807) is 0 Å². The third-order valence-electron chi connectivity index (χ3n) is 2.72. The second-order valence-electron chi connectivity index (χ2n) is 4.40. The van der Waals surface area contributed by atoms with Crippen LogP contribution in [0.2, 0.25) is 0 Å². The van der Waals surface area contributed by atoms with Gasteiger partial charge >= 0.3 is 0 Å². The van der Waals surface area contributed by atoms with E-state index in [-0.39, 0.29) is 23.9 Å². The zero-order chi connectivity index (χ0) is 10.6. The number of hydrogen-bond donors (Lipinski definition) is 0. The van der Waals surface area contributed by atoms with Crippen molar-refractivity contribution in [2.75, 3.05) is 5.33 Å². The van der Waals surface area contributed by atoms with Gasteiger partial charge in [-0.05, 0) is 12.3 Å². The van der Waals surface area contributed by atoms with Crippen LogP contribution >= 0.6 is 15.9 Å². The van der Waals surface area contributed by atoms with Gasteiger partial charge in [0, 0.05) is 29.2 Å².